The van der Waals surface area contributed by atoms with Crippen LogP contribution in [0.25, 0.3) is 0 Å². The van der Waals surface area contributed by atoms with E-state index in [1.165, 1.54) is 32.1 Å². The molecule has 0 saturated heterocycles. The minimum Gasteiger partial charge on any atom is -0.481 e. The van der Waals surface area contributed by atoms with Crippen LogP contribution >= 0.6 is 0 Å². The predicted octanol–water partition coefficient (Wildman–Crippen LogP) is 6.45. The molecule has 4 nitrogen and oxygen atoms in total. The number of allylic oxidation sites excluding steroid dienone is 2. The van der Waals surface area contributed by atoms with Gasteiger partial charge in [0.1, 0.15) is 0 Å². The van der Waals surface area contributed by atoms with Gasteiger partial charge in [-0.25, -0.2) is 0 Å². The third-order valence-corrected chi connectivity index (χ3v) is 5.06. The first-order chi connectivity index (χ1) is 12.5. The maximum absolute atomic E-state index is 11.5. The monoisotopic (exact) mass is 368 g/mol. The van der Waals surface area contributed by atoms with Gasteiger partial charge in [0.25, 0.3) is 0 Å². The number of carbonyl (C=O) groups is 2. The van der Waals surface area contributed by atoms with E-state index in [9.17, 15) is 14.7 Å². The van der Waals surface area contributed by atoms with Crippen molar-refractivity contribution < 1.29 is 19.8 Å². The van der Waals surface area contributed by atoms with Crippen LogP contribution in [-0.4, -0.2) is 22.2 Å². The first-order valence-corrected chi connectivity index (χ1v) is 10.6. The van der Waals surface area contributed by atoms with E-state index in [0.717, 1.165) is 44.9 Å². The lowest BCUT2D eigenvalue weighted by molar-refractivity contribution is -0.143. The minimum atomic E-state index is -0.725. The van der Waals surface area contributed by atoms with E-state index in [1.54, 1.807) is 0 Å². The van der Waals surface area contributed by atoms with Crippen molar-refractivity contribution >= 4 is 11.9 Å². The quantitative estimate of drug-likeness (QED) is 0.215. The molecule has 0 fully saturated rings. The molecule has 2 atom stereocenters. The molecule has 0 amide bonds. The number of carboxylic acids is 2. The van der Waals surface area contributed by atoms with Crippen molar-refractivity contribution in [1.82, 2.24) is 0 Å². The Bertz CT molecular complexity index is 390. The molecular formula is C22H40O4. The molecule has 0 bridgehead atoms. The van der Waals surface area contributed by atoms with Crippen LogP contribution < -0.4 is 0 Å². The Morgan fingerprint density at radius 2 is 1.46 bits per heavy atom. The lowest BCUT2D eigenvalue weighted by atomic mass is 9.85. The standard InChI is InChI=1S/C22H40O4/c1-3-5-6-7-8-10-13-16-19(20(4-2)22(25)26)17-14-11-9-12-15-18-21(23)24/h13,16,19-20H,3-12,14-15,17-18H2,1-2H3,(H,23,24)(H,25,26)/b16-13+. The topological polar surface area (TPSA) is 74.6 Å². The van der Waals surface area contributed by atoms with Gasteiger partial charge < -0.3 is 10.2 Å². The largest absolute Gasteiger partial charge is 0.481 e. The van der Waals surface area contributed by atoms with Crippen LogP contribution in [0.2, 0.25) is 0 Å². The molecule has 0 heterocycles. The molecule has 2 N–H and O–H groups in total. The number of hydrogen-bond donors (Lipinski definition) is 2. The maximum Gasteiger partial charge on any atom is 0.307 e. The summed E-state index contributed by atoms with van der Waals surface area (Å²) in [6, 6.07) is 0. The molecule has 0 rings (SSSR count). The molecule has 0 aliphatic rings. The Morgan fingerprint density at radius 1 is 0.846 bits per heavy atom. The van der Waals surface area contributed by atoms with E-state index >= 15 is 0 Å². The van der Waals surface area contributed by atoms with E-state index < -0.39 is 11.9 Å². The van der Waals surface area contributed by atoms with Crippen molar-refractivity contribution in [3.63, 3.8) is 0 Å². The van der Waals surface area contributed by atoms with Crippen LogP contribution in [0.3, 0.4) is 0 Å². The lowest BCUT2D eigenvalue weighted by Gasteiger charge is -2.20. The maximum atomic E-state index is 11.5. The second-order valence-electron chi connectivity index (χ2n) is 7.35. The molecule has 4 heteroatoms. The highest BCUT2D eigenvalue weighted by Gasteiger charge is 2.23. The second kappa shape index (κ2) is 17.1. The molecular weight excluding hydrogens is 328 g/mol. The van der Waals surface area contributed by atoms with Crippen LogP contribution in [0.1, 0.15) is 104 Å². The Kier molecular flexibility index (Phi) is 16.2. The number of rotatable bonds is 18. The first-order valence-electron chi connectivity index (χ1n) is 10.6. The first kappa shape index (κ1) is 24.7. The van der Waals surface area contributed by atoms with Gasteiger partial charge in [-0.2, -0.15) is 0 Å². The number of hydrogen-bond acceptors (Lipinski definition) is 2. The van der Waals surface area contributed by atoms with Crippen molar-refractivity contribution in [1.29, 1.82) is 0 Å². The van der Waals surface area contributed by atoms with Gasteiger partial charge in [0.15, 0.2) is 0 Å². The lowest BCUT2D eigenvalue weighted by Crippen LogP contribution is -2.21. The van der Waals surface area contributed by atoms with Crippen LogP contribution in [-0.2, 0) is 9.59 Å². The highest BCUT2D eigenvalue weighted by Crippen LogP contribution is 2.25. The van der Waals surface area contributed by atoms with Gasteiger partial charge in [0.2, 0.25) is 0 Å². The number of carboxylic acid groups (broad SMARTS) is 2. The Balaban J connectivity index is 4.18. The summed E-state index contributed by atoms with van der Waals surface area (Å²) in [6.45, 7) is 4.17. The average Bonchev–Trinajstić information content (AvgIpc) is 2.59. The zero-order valence-electron chi connectivity index (χ0n) is 16.9. The summed E-state index contributed by atoms with van der Waals surface area (Å²) in [5, 5.41) is 18.1. The minimum absolute atomic E-state index is 0.118. The summed E-state index contributed by atoms with van der Waals surface area (Å²) in [6.07, 6.45) is 18.3. The fourth-order valence-electron chi connectivity index (χ4n) is 3.42. The molecule has 26 heavy (non-hydrogen) atoms. The molecule has 0 saturated carbocycles. The van der Waals surface area contributed by atoms with Gasteiger partial charge in [0, 0.05) is 6.42 Å². The SMILES string of the molecule is CCCCCCC/C=C/C(CCCCCCCC(=O)O)C(CC)C(=O)O. The third kappa shape index (κ3) is 13.9. The third-order valence-electron chi connectivity index (χ3n) is 5.06. The molecule has 0 radical (unpaired) electrons. The Labute approximate surface area is 160 Å². The molecule has 0 aromatic carbocycles. The van der Waals surface area contributed by atoms with Gasteiger partial charge in [0.05, 0.1) is 5.92 Å². The van der Waals surface area contributed by atoms with Crippen LogP contribution in [0.4, 0.5) is 0 Å². The predicted molar refractivity (Wildman–Crippen MR) is 107 cm³/mol. The highest BCUT2D eigenvalue weighted by atomic mass is 16.4. The molecule has 0 aromatic heterocycles. The molecule has 152 valence electrons. The fourth-order valence-corrected chi connectivity index (χ4v) is 3.42. The normalized spacial score (nSPS) is 13.8. The summed E-state index contributed by atoms with van der Waals surface area (Å²) < 4.78 is 0. The Hall–Kier alpha value is -1.32. The smallest absolute Gasteiger partial charge is 0.307 e. The van der Waals surface area contributed by atoms with Crippen molar-refractivity contribution in [2.24, 2.45) is 11.8 Å². The van der Waals surface area contributed by atoms with Crippen LogP contribution in [0.15, 0.2) is 12.2 Å². The van der Waals surface area contributed by atoms with E-state index in [4.69, 9.17) is 5.11 Å². The van der Waals surface area contributed by atoms with Crippen LogP contribution in [0.5, 0.6) is 0 Å². The average molecular weight is 369 g/mol. The summed E-state index contributed by atoms with van der Waals surface area (Å²) in [7, 11) is 0. The zero-order chi connectivity index (χ0) is 19.6. The van der Waals surface area contributed by atoms with Gasteiger partial charge in [-0.1, -0.05) is 77.4 Å². The van der Waals surface area contributed by atoms with Crippen LogP contribution in [0, 0.1) is 11.8 Å². The highest BCUT2D eigenvalue weighted by molar-refractivity contribution is 5.70. The molecule has 2 unspecified atom stereocenters. The fraction of sp³-hybridized carbons (Fsp3) is 0.818. The molecule has 0 aliphatic heterocycles. The van der Waals surface area contributed by atoms with E-state index in [0.29, 0.717) is 6.42 Å². The van der Waals surface area contributed by atoms with Crippen molar-refractivity contribution in [2.45, 2.75) is 104 Å². The second-order valence-corrected chi connectivity index (χ2v) is 7.35. The van der Waals surface area contributed by atoms with E-state index in [2.05, 4.69) is 19.1 Å². The van der Waals surface area contributed by atoms with E-state index in [1.807, 2.05) is 6.92 Å². The van der Waals surface area contributed by atoms with Gasteiger partial charge in [-0.3, -0.25) is 9.59 Å². The van der Waals surface area contributed by atoms with Crippen molar-refractivity contribution in [3.8, 4) is 0 Å². The van der Waals surface area contributed by atoms with Gasteiger partial charge in [-0.15, -0.1) is 0 Å². The summed E-state index contributed by atoms with van der Waals surface area (Å²) in [5.74, 6) is -1.59. The molecule has 0 spiro atoms. The van der Waals surface area contributed by atoms with Crippen molar-refractivity contribution in [2.75, 3.05) is 0 Å². The Morgan fingerprint density at radius 3 is 2.08 bits per heavy atom. The summed E-state index contributed by atoms with van der Waals surface area (Å²) in [4.78, 5) is 22.0. The van der Waals surface area contributed by atoms with Gasteiger partial charge >= 0.3 is 11.9 Å². The molecule has 0 aliphatic carbocycles. The zero-order valence-corrected chi connectivity index (χ0v) is 16.9. The number of unbranched alkanes of at least 4 members (excludes halogenated alkanes) is 9. The summed E-state index contributed by atoms with van der Waals surface area (Å²) in [5.41, 5.74) is 0. The summed E-state index contributed by atoms with van der Waals surface area (Å²) >= 11 is 0. The number of aliphatic carboxylic acids is 2. The van der Waals surface area contributed by atoms with E-state index in [-0.39, 0.29) is 18.3 Å². The van der Waals surface area contributed by atoms with Gasteiger partial charge in [-0.05, 0) is 38.0 Å². The molecule has 0 aromatic rings. The van der Waals surface area contributed by atoms with Crippen molar-refractivity contribution in [3.05, 3.63) is 12.2 Å².